The molecule has 0 spiro atoms. The van der Waals surface area contributed by atoms with E-state index in [9.17, 15) is 0 Å². The van der Waals surface area contributed by atoms with Crippen LogP contribution < -0.4 is 10.2 Å². The summed E-state index contributed by atoms with van der Waals surface area (Å²) in [6.45, 7) is 8.71. The molecule has 0 atom stereocenters. The van der Waals surface area contributed by atoms with Crippen LogP contribution in [0.1, 0.15) is 57.2 Å². The Kier molecular flexibility index (Phi) is 5.68. The molecule has 1 saturated carbocycles. The van der Waals surface area contributed by atoms with E-state index in [4.69, 9.17) is 0 Å². The Labute approximate surface area is 129 Å². The second kappa shape index (κ2) is 7.30. The molecule has 1 aliphatic rings. The number of aryl methyl sites for hydroxylation is 2. The van der Waals surface area contributed by atoms with E-state index in [2.05, 4.69) is 54.9 Å². The van der Waals surface area contributed by atoms with Gasteiger partial charge in [0.2, 0.25) is 0 Å². The molecule has 0 radical (unpaired) electrons. The van der Waals surface area contributed by atoms with Crippen molar-refractivity contribution in [2.24, 2.45) is 13.0 Å². The van der Waals surface area contributed by atoms with Crippen molar-refractivity contribution in [1.82, 2.24) is 15.1 Å². The third-order valence-electron chi connectivity index (χ3n) is 4.91. The van der Waals surface area contributed by atoms with Crippen LogP contribution >= 0.6 is 0 Å². The van der Waals surface area contributed by atoms with Crippen molar-refractivity contribution in [1.29, 1.82) is 0 Å². The topological polar surface area (TPSA) is 33.1 Å². The first-order valence-electron chi connectivity index (χ1n) is 8.50. The summed E-state index contributed by atoms with van der Waals surface area (Å²) in [7, 11) is 4.33. The molecule has 0 aliphatic heterocycles. The van der Waals surface area contributed by atoms with E-state index in [1.165, 1.54) is 43.5 Å². The summed E-state index contributed by atoms with van der Waals surface area (Å²) in [4.78, 5) is 2.48. The van der Waals surface area contributed by atoms with Crippen LogP contribution in [-0.2, 0) is 13.6 Å². The van der Waals surface area contributed by atoms with Gasteiger partial charge in [0.15, 0.2) is 0 Å². The lowest BCUT2D eigenvalue weighted by molar-refractivity contribution is 0.338. The fourth-order valence-electron chi connectivity index (χ4n) is 3.53. The summed E-state index contributed by atoms with van der Waals surface area (Å²) in [5, 5.41) is 8.19. The van der Waals surface area contributed by atoms with Crippen molar-refractivity contribution in [3.63, 3.8) is 0 Å². The van der Waals surface area contributed by atoms with Crippen LogP contribution in [0.25, 0.3) is 0 Å². The van der Waals surface area contributed by atoms with E-state index in [0.717, 1.165) is 24.7 Å². The largest absolute Gasteiger partial charge is 0.357 e. The Hall–Kier alpha value is -1.03. The number of nitrogens with zero attached hydrogens (tertiary/aromatic N) is 3. The van der Waals surface area contributed by atoms with Gasteiger partial charge >= 0.3 is 0 Å². The van der Waals surface area contributed by atoms with E-state index in [1.807, 2.05) is 0 Å². The maximum absolute atomic E-state index is 4.66. The van der Waals surface area contributed by atoms with Gasteiger partial charge in [0, 0.05) is 32.2 Å². The Morgan fingerprint density at radius 1 is 1.29 bits per heavy atom. The first kappa shape index (κ1) is 16.3. The van der Waals surface area contributed by atoms with Gasteiger partial charge in [0.1, 0.15) is 5.82 Å². The molecule has 1 aromatic heterocycles. The SMILES string of the molecule is CCCNCc1c(C)nn(C)c1N(C)C1CCC(C)CC1. The summed E-state index contributed by atoms with van der Waals surface area (Å²) in [5.41, 5.74) is 2.53. The molecule has 1 N–H and O–H groups in total. The van der Waals surface area contributed by atoms with Crippen molar-refractivity contribution in [3.05, 3.63) is 11.3 Å². The number of hydrogen-bond acceptors (Lipinski definition) is 3. The Morgan fingerprint density at radius 3 is 2.57 bits per heavy atom. The quantitative estimate of drug-likeness (QED) is 0.817. The maximum Gasteiger partial charge on any atom is 0.131 e. The van der Waals surface area contributed by atoms with Gasteiger partial charge < -0.3 is 10.2 Å². The van der Waals surface area contributed by atoms with Crippen LogP contribution in [0.4, 0.5) is 5.82 Å². The Bertz CT molecular complexity index is 444. The highest BCUT2D eigenvalue weighted by atomic mass is 15.4. The fourth-order valence-corrected chi connectivity index (χ4v) is 3.53. The molecule has 1 fully saturated rings. The van der Waals surface area contributed by atoms with E-state index < -0.39 is 0 Å². The monoisotopic (exact) mass is 292 g/mol. The van der Waals surface area contributed by atoms with Gasteiger partial charge in [-0.15, -0.1) is 0 Å². The highest BCUT2D eigenvalue weighted by molar-refractivity contribution is 5.50. The van der Waals surface area contributed by atoms with Gasteiger partial charge in [-0.3, -0.25) is 4.68 Å². The molecular weight excluding hydrogens is 260 g/mol. The zero-order valence-electron chi connectivity index (χ0n) is 14.4. The molecule has 1 heterocycles. The maximum atomic E-state index is 4.66. The second-order valence-corrected chi connectivity index (χ2v) is 6.71. The average molecular weight is 292 g/mol. The van der Waals surface area contributed by atoms with Gasteiger partial charge in [-0.2, -0.15) is 5.10 Å². The van der Waals surface area contributed by atoms with Crippen molar-refractivity contribution in [2.75, 3.05) is 18.5 Å². The third-order valence-corrected chi connectivity index (χ3v) is 4.91. The first-order chi connectivity index (χ1) is 10.0. The molecule has 0 saturated heterocycles. The molecule has 120 valence electrons. The van der Waals surface area contributed by atoms with Crippen LogP contribution in [0, 0.1) is 12.8 Å². The van der Waals surface area contributed by atoms with Crippen LogP contribution in [0.15, 0.2) is 0 Å². The minimum absolute atomic E-state index is 0.668. The third kappa shape index (κ3) is 3.79. The number of hydrogen-bond donors (Lipinski definition) is 1. The second-order valence-electron chi connectivity index (χ2n) is 6.71. The van der Waals surface area contributed by atoms with Gasteiger partial charge in [-0.25, -0.2) is 0 Å². The summed E-state index contributed by atoms with van der Waals surface area (Å²) < 4.78 is 2.07. The van der Waals surface area contributed by atoms with Crippen LogP contribution in [0.5, 0.6) is 0 Å². The minimum atomic E-state index is 0.668. The smallest absolute Gasteiger partial charge is 0.131 e. The van der Waals surface area contributed by atoms with Gasteiger partial charge in [-0.1, -0.05) is 13.8 Å². The van der Waals surface area contributed by atoms with Crippen LogP contribution in [-0.4, -0.2) is 29.4 Å². The van der Waals surface area contributed by atoms with E-state index in [0.29, 0.717) is 6.04 Å². The van der Waals surface area contributed by atoms with Crippen LogP contribution in [0.2, 0.25) is 0 Å². The molecule has 0 aromatic carbocycles. The van der Waals surface area contributed by atoms with Gasteiger partial charge in [0.25, 0.3) is 0 Å². The van der Waals surface area contributed by atoms with Gasteiger partial charge in [0.05, 0.1) is 5.69 Å². The van der Waals surface area contributed by atoms with E-state index >= 15 is 0 Å². The zero-order chi connectivity index (χ0) is 15.4. The molecule has 4 heteroatoms. The Balaban J connectivity index is 2.13. The highest BCUT2D eigenvalue weighted by Gasteiger charge is 2.26. The standard InChI is InChI=1S/C17H32N4/c1-6-11-18-12-16-14(3)19-21(5)17(16)20(4)15-9-7-13(2)8-10-15/h13,15,18H,6-12H2,1-5H3. The van der Waals surface area contributed by atoms with Gasteiger partial charge in [-0.05, 0) is 51.5 Å². The normalized spacial score (nSPS) is 22.5. The molecule has 4 nitrogen and oxygen atoms in total. The lowest BCUT2D eigenvalue weighted by Crippen LogP contribution is -2.36. The summed E-state index contributed by atoms with van der Waals surface area (Å²) in [5.74, 6) is 2.20. The summed E-state index contributed by atoms with van der Waals surface area (Å²) >= 11 is 0. The fraction of sp³-hybridized carbons (Fsp3) is 0.824. The van der Waals surface area contributed by atoms with Crippen molar-refractivity contribution in [2.45, 2.75) is 65.5 Å². The zero-order valence-corrected chi connectivity index (χ0v) is 14.4. The number of nitrogens with one attached hydrogen (secondary N) is 1. The van der Waals surface area contributed by atoms with E-state index in [1.54, 1.807) is 0 Å². The molecule has 21 heavy (non-hydrogen) atoms. The predicted molar refractivity (Wildman–Crippen MR) is 89.8 cm³/mol. The number of aromatic nitrogens is 2. The van der Waals surface area contributed by atoms with Crippen molar-refractivity contribution < 1.29 is 0 Å². The first-order valence-corrected chi connectivity index (χ1v) is 8.50. The highest BCUT2D eigenvalue weighted by Crippen LogP contribution is 2.31. The number of anilines is 1. The van der Waals surface area contributed by atoms with Crippen LogP contribution in [0.3, 0.4) is 0 Å². The summed E-state index contributed by atoms with van der Waals surface area (Å²) in [6, 6.07) is 0.668. The molecule has 1 aliphatic carbocycles. The van der Waals surface area contributed by atoms with Crippen molar-refractivity contribution in [3.8, 4) is 0 Å². The van der Waals surface area contributed by atoms with E-state index in [-0.39, 0.29) is 0 Å². The molecule has 0 bridgehead atoms. The molecule has 2 rings (SSSR count). The lowest BCUT2D eigenvalue weighted by Gasteiger charge is -2.35. The minimum Gasteiger partial charge on any atom is -0.357 e. The average Bonchev–Trinajstić information content (AvgIpc) is 2.74. The lowest BCUT2D eigenvalue weighted by atomic mass is 9.86. The molecule has 1 aromatic rings. The van der Waals surface area contributed by atoms with Crippen molar-refractivity contribution >= 4 is 5.82 Å². The molecule has 0 amide bonds. The number of rotatable bonds is 6. The molecular formula is C17H32N4. The Morgan fingerprint density at radius 2 is 1.95 bits per heavy atom. The molecule has 0 unspecified atom stereocenters. The predicted octanol–water partition coefficient (Wildman–Crippen LogP) is 3.24. The summed E-state index contributed by atoms with van der Waals surface area (Å²) in [6.07, 6.45) is 6.50.